The Bertz CT molecular complexity index is 1080. The lowest BCUT2D eigenvalue weighted by molar-refractivity contribution is -0.0368. The monoisotopic (exact) mass is 455 g/mol. The summed E-state index contributed by atoms with van der Waals surface area (Å²) in [6.45, 7) is 5.00. The first-order valence-electron chi connectivity index (χ1n) is 11.4. The molecular weight excluding hydrogens is 425 g/mol. The lowest BCUT2D eigenvalue weighted by Crippen LogP contribution is -2.28. The molecule has 2 heterocycles. The maximum atomic E-state index is 14.9. The van der Waals surface area contributed by atoms with Gasteiger partial charge in [-0.25, -0.2) is 13.9 Å². The number of rotatable bonds is 8. The van der Waals surface area contributed by atoms with Crippen molar-refractivity contribution >= 4 is 17.0 Å². The molecule has 2 atom stereocenters. The van der Waals surface area contributed by atoms with E-state index in [9.17, 15) is 9.18 Å². The van der Waals surface area contributed by atoms with Gasteiger partial charge in [-0.05, 0) is 44.7 Å². The number of aryl methyl sites for hydroxylation is 1. The Labute approximate surface area is 192 Å². The highest BCUT2D eigenvalue weighted by Gasteiger charge is 2.22. The summed E-state index contributed by atoms with van der Waals surface area (Å²) in [6.07, 6.45) is 2.53. The van der Waals surface area contributed by atoms with Gasteiger partial charge in [-0.2, -0.15) is 5.10 Å². The normalized spacial score (nSPS) is 17.0. The molecule has 0 spiro atoms. The van der Waals surface area contributed by atoms with Crippen LogP contribution in [0.4, 0.5) is 9.18 Å². The summed E-state index contributed by atoms with van der Waals surface area (Å²) >= 11 is 0. The number of carbonyl (C=O) groups excluding carboxylic acids is 1. The van der Waals surface area contributed by atoms with Gasteiger partial charge in [-0.15, -0.1) is 0 Å². The first-order valence-corrected chi connectivity index (χ1v) is 11.4. The number of hydrogen-bond acceptors (Lipinski definition) is 5. The van der Waals surface area contributed by atoms with Crippen LogP contribution in [-0.2, 0) is 16.1 Å². The maximum absolute atomic E-state index is 14.9. The van der Waals surface area contributed by atoms with Crippen LogP contribution >= 0.6 is 0 Å². The van der Waals surface area contributed by atoms with Gasteiger partial charge in [0.2, 0.25) is 0 Å². The van der Waals surface area contributed by atoms with Gasteiger partial charge in [0.05, 0.1) is 17.3 Å². The molecule has 7 nitrogen and oxygen atoms in total. The van der Waals surface area contributed by atoms with Crippen LogP contribution in [0.25, 0.3) is 10.9 Å². The molecule has 4 rings (SSSR count). The Hall–Kier alpha value is -3.13. The van der Waals surface area contributed by atoms with Gasteiger partial charge in [-0.3, -0.25) is 0 Å². The van der Waals surface area contributed by atoms with Gasteiger partial charge in [0.25, 0.3) is 0 Å². The van der Waals surface area contributed by atoms with Crippen LogP contribution in [0.2, 0.25) is 0 Å². The Morgan fingerprint density at radius 3 is 2.88 bits per heavy atom. The van der Waals surface area contributed by atoms with Crippen molar-refractivity contribution in [3.05, 3.63) is 59.5 Å². The molecule has 176 valence electrons. The number of halogens is 1. The fourth-order valence-electron chi connectivity index (χ4n) is 3.95. The second-order valence-electron chi connectivity index (χ2n) is 8.36. The van der Waals surface area contributed by atoms with Crippen LogP contribution in [0.15, 0.2) is 42.5 Å². The summed E-state index contributed by atoms with van der Waals surface area (Å²) in [5, 5.41) is 8.13. The van der Waals surface area contributed by atoms with E-state index < -0.39 is 11.9 Å². The molecule has 1 N–H and O–H groups in total. The lowest BCUT2D eigenvalue weighted by Gasteiger charge is -2.23. The predicted octanol–water partition coefficient (Wildman–Crippen LogP) is 5.27. The number of alkyl carbamates (subject to hydrolysis) is 1. The van der Waals surface area contributed by atoms with Gasteiger partial charge < -0.3 is 19.5 Å². The third kappa shape index (κ3) is 5.82. The predicted molar refractivity (Wildman–Crippen MR) is 123 cm³/mol. The Morgan fingerprint density at radius 1 is 1.30 bits per heavy atom. The molecule has 0 radical (unpaired) electrons. The van der Waals surface area contributed by atoms with Crippen LogP contribution in [-0.4, -0.2) is 35.1 Å². The molecule has 0 saturated carbocycles. The van der Waals surface area contributed by atoms with E-state index in [-0.39, 0.29) is 24.7 Å². The molecule has 0 aliphatic carbocycles. The SMILES string of the molecule is Cc1nn(C2CCCCO2)c2cc(F)c(O[C@H](C)CCNC(=O)OCc3ccccc3)cc12. The van der Waals surface area contributed by atoms with Gasteiger partial charge in [0, 0.05) is 31.0 Å². The van der Waals surface area contributed by atoms with Crippen molar-refractivity contribution in [2.75, 3.05) is 13.2 Å². The van der Waals surface area contributed by atoms with Gasteiger partial charge in [-0.1, -0.05) is 30.3 Å². The van der Waals surface area contributed by atoms with E-state index in [2.05, 4.69) is 10.4 Å². The Morgan fingerprint density at radius 2 is 2.12 bits per heavy atom. The van der Waals surface area contributed by atoms with E-state index >= 15 is 0 Å². The average molecular weight is 456 g/mol. The summed E-state index contributed by atoms with van der Waals surface area (Å²) in [6, 6.07) is 12.6. The summed E-state index contributed by atoms with van der Waals surface area (Å²) in [4.78, 5) is 11.9. The molecule has 1 aliphatic rings. The van der Waals surface area contributed by atoms with Crippen molar-refractivity contribution in [3.8, 4) is 5.75 Å². The summed E-state index contributed by atoms with van der Waals surface area (Å²) < 4.78 is 33.5. The molecule has 8 heteroatoms. The zero-order valence-corrected chi connectivity index (χ0v) is 19.1. The van der Waals surface area contributed by atoms with Crippen LogP contribution in [0, 0.1) is 12.7 Å². The number of hydrogen-bond donors (Lipinski definition) is 1. The van der Waals surface area contributed by atoms with Gasteiger partial charge in [0.1, 0.15) is 6.61 Å². The van der Waals surface area contributed by atoms with E-state index in [1.807, 2.05) is 44.2 Å². The Kier molecular flexibility index (Phi) is 7.44. The Balaban J connectivity index is 1.31. The molecule has 1 aliphatic heterocycles. The lowest BCUT2D eigenvalue weighted by atomic mass is 10.1. The smallest absolute Gasteiger partial charge is 0.407 e. The quantitative estimate of drug-likeness (QED) is 0.501. The number of amides is 1. The fraction of sp³-hybridized carbons (Fsp3) is 0.440. The van der Waals surface area contributed by atoms with Crippen LogP contribution in [0.5, 0.6) is 5.75 Å². The first kappa shape index (κ1) is 23.0. The third-order valence-electron chi connectivity index (χ3n) is 5.73. The van der Waals surface area contributed by atoms with E-state index in [1.54, 1.807) is 10.7 Å². The highest BCUT2D eigenvalue weighted by Crippen LogP contribution is 2.32. The van der Waals surface area contributed by atoms with Crippen molar-refractivity contribution in [2.45, 2.75) is 58.5 Å². The highest BCUT2D eigenvalue weighted by atomic mass is 19.1. The number of aromatic nitrogens is 2. The van der Waals surface area contributed by atoms with E-state index in [1.165, 1.54) is 6.07 Å². The topological polar surface area (TPSA) is 74.6 Å². The number of fused-ring (bicyclic) bond motifs is 1. The molecule has 1 fully saturated rings. The number of nitrogens with zero attached hydrogens (tertiary/aromatic N) is 2. The molecule has 1 unspecified atom stereocenters. The van der Waals surface area contributed by atoms with Crippen LogP contribution < -0.4 is 10.1 Å². The van der Waals surface area contributed by atoms with Crippen molar-refractivity contribution in [2.24, 2.45) is 0 Å². The third-order valence-corrected chi connectivity index (χ3v) is 5.73. The molecule has 2 aromatic carbocycles. The summed E-state index contributed by atoms with van der Waals surface area (Å²) in [5.74, 6) is -0.268. The molecule has 1 amide bonds. The second kappa shape index (κ2) is 10.7. The number of nitrogens with one attached hydrogen (secondary N) is 1. The first-order chi connectivity index (χ1) is 16.0. The maximum Gasteiger partial charge on any atom is 0.407 e. The van der Waals surface area contributed by atoms with E-state index in [4.69, 9.17) is 14.2 Å². The minimum absolute atomic E-state index is 0.159. The highest BCUT2D eigenvalue weighted by molar-refractivity contribution is 5.83. The molecule has 1 saturated heterocycles. The molecule has 0 bridgehead atoms. The zero-order chi connectivity index (χ0) is 23.2. The number of carbonyl (C=O) groups is 1. The summed E-state index contributed by atoms with van der Waals surface area (Å²) in [5.41, 5.74) is 2.43. The standard InChI is InChI=1S/C25H30FN3O4/c1-17(11-12-27-25(30)32-16-19-8-4-3-5-9-19)33-23-14-20-18(2)28-29(22(20)15-21(23)26)24-10-6-7-13-31-24/h3-5,8-9,14-15,17,24H,6-7,10-13,16H2,1-2H3,(H,27,30)/t17-,24?/m1/s1. The molecule has 33 heavy (non-hydrogen) atoms. The second-order valence-corrected chi connectivity index (χ2v) is 8.36. The minimum atomic E-state index is -0.494. The van der Waals surface area contributed by atoms with Crippen LogP contribution in [0.3, 0.4) is 0 Å². The van der Waals surface area contributed by atoms with Gasteiger partial charge in [0.15, 0.2) is 17.8 Å². The minimum Gasteiger partial charge on any atom is -0.488 e. The summed E-state index contributed by atoms with van der Waals surface area (Å²) in [7, 11) is 0. The van der Waals surface area contributed by atoms with E-state index in [0.717, 1.165) is 35.9 Å². The fourth-order valence-corrected chi connectivity index (χ4v) is 3.95. The van der Waals surface area contributed by atoms with Crippen LogP contribution in [0.1, 0.15) is 50.1 Å². The molecule has 1 aromatic heterocycles. The average Bonchev–Trinajstić information content (AvgIpc) is 3.14. The van der Waals surface area contributed by atoms with Crippen molar-refractivity contribution in [3.63, 3.8) is 0 Å². The largest absolute Gasteiger partial charge is 0.488 e. The molecule has 3 aromatic rings. The van der Waals surface area contributed by atoms with Gasteiger partial charge >= 0.3 is 6.09 Å². The zero-order valence-electron chi connectivity index (χ0n) is 19.1. The number of benzene rings is 2. The van der Waals surface area contributed by atoms with Crippen molar-refractivity contribution in [1.82, 2.24) is 15.1 Å². The molecular formula is C25H30FN3O4. The van der Waals surface area contributed by atoms with Crippen molar-refractivity contribution < 1.29 is 23.4 Å². The van der Waals surface area contributed by atoms with Crippen molar-refractivity contribution in [1.29, 1.82) is 0 Å². The van der Waals surface area contributed by atoms with E-state index in [0.29, 0.717) is 25.1 Å². The number of ether oxygens (including phenoxy) is 3.